The van der Waals surface area contributed by atoms with E-state index in [0.717, 1.165) is 46.1 Å². The first-order valence-corrected chi connectivity index (χ1v) is 10.9. The maximum atomic E-state index is 13.6. The number of nitrogens with one attached hydrogen (secondary N) is 1. The molecule has 0 spiro atoms. The molecule has 0 saturated heterocycles. The van der Waals surface area contributed by atoms with Crippen LogP contribution in [0.3, 0.4) is 0 Å². The number of benzene rings is 2. The Morgan fingerprint density at radius 1 is 1.03 bits per heavy atom. The van der Waals surface area contributed by atoms with Crippen LogP contribution < -0.4 is 5.32 Å². The van der Waals surface area contributed by atoms with Crippen molar-refractivity contribution in [3.63, 3.8) is 0 Å². The molecule has 4 rings (SSSR count). The van der Waals surface area contributed by atoms with Gasteiger partial charge in [0.25, 0.3) is 5.91 Å². The van der Waals surface area contributed by atoms with Gasteiger partial charge in [-0.25, -0.2) is 4.98 Å². The highest BCUT2D eigenvalue weighted by atomic mass is 16.1. The average molecular weight is 387 g/mol. The zero-order valence-corrected chi connectivity index (χ0v) is 17.6. The van der Waals surface area contributed by atoms with E-state index in [-0.39, 0.29) is 11.9 Å². The first-order valence-electron chi connectivity index (χ1n) is 10.9. The number of rotatable bonds is 4. The van der Waals surface area contributed by atoms with E-state index < -0.39 is 0 Å². The van der Waals surface area contributed by atoms with Gasteiger partial charge in [0, 0.05) is 17.0 Å². The Labute approximate surface area is 173 Å². The third-order valence-electron chi connectivity index (χ3n) is 6.64. The Kier molecular flexibility index (Phi) is 5.66. The minimum absolute atomic E-state index is 0.0450. The molecule has 3 atom stereocenters. The zero-order valence-electron chi connectivity index (χ0n) is 17.6. The maximum Gasteiger partial charge on any atom is 0.252 e. The fourth-order valence-corrected chi connectivity index (χ4v) is 4.72. The van der Waals surface area contributed by atoms with Crippen molar-refractivity contribution in [1.29, 1.82) is 0 Å². The maximum absolute atomic E-state index is 13.6. The Hall–Kier alpha value is -2.68. The van der Waals surface area contributed by atoms with Crippen molar-refractivity contribution in [2.24, 2.45) is 11.8 Å². The van der Waals surface area contributed by atoms with E-state index in [1.165, 1.54) is 12.8 Å². The van der Waals surface area contributed by atoms with E-state index in [1.54, 1.807) is 0 Å². The Bertz CT molecular complexity index is 1010. The topological polar surface area (TPSA) is 42.0 Å². The molecule has 2 aromatic carbocycles. The van der Waals surface area contributed by atoms with E-state index in [2.05, 4.69) is 38.2 Å². The number of para-hydroxylation sites is 1. The lowest BCUT2D eigenvalue weighted by Gasteiger charge is -2.34. The van der Waals surface area contributed by atoms with E-state index in [4.69, 9.17) is 4.98 Å². The minimum atomic E-state index is 0.0450. The van der Waals surface area contributed by atoms with Crippen LogP contribution in [0.25, 0.3) is 22.2 Å². The van der Waals surface area contributed by atoms with Crippen LogP contribution in [0, 0.1) is 11.8 Å². The first-order chi connectivity index (χ1) is 14.1. The number of nitrogens with zero attached hydrogens (tertiary/aromatic N) is 1. The van der Waals surface area contributed by atoms with Gasteiger partial charge in [0.1, 0.15) is 0 Å². The second-order valence-electron chi connectivity index (χ2n) is 8.40. The van der Waals surface area contributed by atoms with Gasteiger partial charge in [-0.1, -0.05) is 82.1 Å². The first kappa shape index (κ1) is 19.6. The van der Waals surface area contributed by atoms with Gasteiger partial charge in [-0.3, -0.25) is 4.79 Å². The second-order valence-corrected chi connectivity index (χ2v) is 8.40. The largest absolute Gasteiger partial charge is 0.349 e. The smallest absolute Gasteiger partial charge is 0.252 e. The van der Waals surface area contributed by atoms with Crippen molar-refractivity contribution < 1.29 is 4.79 Å². The highest BCUT2D eigenvalue weighted by Crippen LogP contribution is 2.33. The summed E-state index contributed by atoms with van der Waals surface area (Å²) in [6, 6.07) is 18.5. The monoisotopic (exact) mass is 386 g/mol. The zero-order chi connectivity index (χ0) is 20.4. The molecule has 1 aromatic heterocycles. The molecule has 0 unspecified atom stereocenters. The summed E-state index contributed by atoms with van der Waals surface area (Å²) in [6.45, 7) is 6.69. The molecule has 1 saturated carbocycles. The lowest BCUT2D eigenvalue weighted by molar-refractivity contribution is 0.0892. The van der Waals surface area contributed by atoms with Crippen molar-refractivity contribution in [1.82, 2.24) is 10.3 Å². The molecule has 1 aliphatic carbocycles. The number of amides is 1. The van der Waals surface area contributed by atoms with Gasteiger partial charge in [-0.15, -0.1) is 0 Å². The van der Waals surface area contributed by atoms with E-state index >= 15 is 0 Å². The molecular formula is C26H30N2O. The van der Waals surface area contributed by atoms with Crippen LogP contribution in [-0.2, 0) is 6.42 Å². The predicted octanol–water partition coefficient (Wildman–Crippen LogP) is 6.02. The van der Waals surface area contributed by atoms with E-state index in [0.29, 0.717) is 11.8 Å². The lowest BCUT2D eigenvalue weighted by atomic mass is 9.78. The van der Waals surface area contributed by atoms with Crippen LogP contribution >= 0.6 is 0 Å². The molecule has 1 fully saturated rings. The quantitative estimate of drug-likeness (QED) is 0.596. The molecule has 1 amide bonds. The summed E-state index contributed by atoms with van der Waals surface area (Å²) in [4.78, 5) is 18.6. The summed E-state index contributed by atoms with van der Waals surface area (Å²) in [7, 11) is 0. The average Bonchev–Trinajstić information content (AvgIpc) is 2.76. The number of hydrogen-bond acceptors (Lipinski definition) is 2. The van der Waals surface area contributed by atoms with Crippen LogP contribution in [0.1, 0.15) is 56.0 Å². The van der Waals surface area contributed by atoms with Crippen LogP contribution in [-0.4, -0.2) is 16.9 Å². The van der Waals surface area contributed by atoms with Crippen LogP contribution in [0.5, 0.6) is 0 Å². The molecule has 1 heterocycles. The molecule has 3 aromatic rings. The van der Waals surface area contributed by atoms with Crippen LogP contribution in [0.15, 0.2) is 54.6 Å². The van der Waals surface area contributed by atoms with Crippen molar-refractivity contribution in [3.05, 3.63) is 65.7 Å². The summed E-state index contributed by atoms with van der Waals surface area (Å²) in [5, 5.41) is 4.34. The van der Waals surface area contributed by atoms with Crippen molar-refractivity contribution >= 4 is 16.8 Å². The number of carbonyl (C=O) groups is 1. The third kappa shape index (κ3) is 3.78. The normalized spacial score (nSPS) is 21.8. The van der Waals surface area contributed by atoms with E-state index in [9.17, 15) is 4.79 Å². The molecule has 3 nitrogen and oxygen atoms in total. The highest BCUT2D eigenvalue weighted by Gasteiger charge is 2.30. The molecule has 0 radical (unpaired) electrons. The van der Waals surface area contributed by atoms with Crippen LogP contribution in [0.4, 0.5) is 0 Å². The number of aromatic nitrogens is 1. The molecule has 0 bridgehead atoms. The van der Waals surface area contributed by atoms with Crippen molar-refractivity contribution in [2.75, 3.05) is 0 Å². The minimum Gasteiger partial charge on any atom is -0.349 e. The summed E-state index contributed by atoms with van der Waals surface area (Å²) >= 11 is 0. The Morgan fingerprint density at radius 2 is 1.76 bits per heavy atom. The molecule has 29 heavy (non-hydrogen) atoms. The summed E-state index contributed by atoms with van der Waals surface area (Å²) in [5.74, 6) is 1.19. The lowest BCUT2D eigenvalue weighted by Crippen LogP contribution is -2.44. The third-order valence-corrected chi connectivity index (χ3v) is 6.64. The van der Waals surface area contributed by atoms with Gasteiger partial charge >= 0.3 is 0 Å². The number of carbonyl (C=O) groups excluding carboxylic acids is 1. The number of hydrogen-bond donors (Lipinski definition) is 1. The molecule has 1 N–H and O–H groups in total. The molecule has 0 aliphatic heterocycles. The van der Waals surface area contributed by atoms with Crippen LogP contribution in [0.2, 0.25) is 0 Å². The van der Waals surface area contributed by atoms with E-state index in [1.807, 2.05) is 42.5 Å². The summed E-state index contributed by atoms with van der Waals surface area (Å²) < 4.78 is 0. The van der Waals surface area contributed by atoms with Gasteiger partial charge in [0.05, 0.1) is 16.8 Å². The van der Waals surface area contributed by atoms with Crippen molar-refractivity contribution in [3.8, 4) is 11.3 Å². The number of fused-ring (bicyclic) bond motifs is 1. The fourth-order valence-electron chi connectivity index (χ4n) is 4.72. The van der Waals surface area contributed by atoms with Gasteiger partial charge in [0.2, 0.25) is 0 Å². The Balaban J connectivity index is 1.83. The van der Waals surface area contributed by atoms with Gasteiger partial charge < -0.3 is 5.32 Å². The molecular weight excluding hydrogens is 356 g/mol. The number of pyridine rings is 1. The van der Waals surface area contributed by atoms with Gasteiger partial charge in [0.15, 0.2) is 0 Å². The second kappa shape index (κ2) is 8.36. The fraction of sp³-hybridized carbons (Fsp3) is 0.385. The molecule has 150 valence electrons. The summed E-state index contributed by atoms with van der Waals surface area (Å²) in [6.07, 6.45) is 4.27. The van der Waals surface area contributed by atoms with Gasteiger partial charge in [-0.2, -0.15) is 0 Å². The Morgan fingerprint density at radius 3 is 2.52 bits per heavy atom. The van der Waals surface area contributed by atoms with Crippen molar-refractivity contribution in [2.45, 2.75) is 52.5 Å². The highest BCUT2D eigenvalue weighted by molar-refractivity contribution is 6.09. The summed E-state index contributed by atoms with van der Waals surface area (Å²) in [5.41, 5.74) is 4.68. The predicted molar refractivity (Wildman–Crippen MR) is 120 cm³/mol. The standard InChI is InChI=1S/C26H30N2O/c1-4-20-24(26(29)28-22-16-10-11-17(2)18(22)3)21-14-8-9-15-23(21)27-25(20)19-12-6-5-7-13-19/h5-9,12-15,17-18,22H,4,10-11,16H2,1-3H3,(H,28,29)/t17-,18+,22+/m0/s1. The molecule has 3 heteroatoms. The SMILES string of the molecule is CCc1c(-c2ccccc2)nc2ccccc2c1C(=O)N[C@@H]1CCC[C@H](C)[C@H]1C. The van der Waals surface area contributed by atoms with Gasteiger partial charge in [-0.05, 0) is 36.3 Å². The molecule has 1 aliphatic rings.